The van der Waals surface area contributed by atoms with E-state index in [1.54, 1.807) is 0 Å². The zero-order chi connectivity index (χ0) is 19.6. The molecule has 0 aliphatic carbocycles. The predicted molar refractivity (Wildman–Crippen MR) is 106 cm³/mol. The van der Waals surface area contributed by atoms with Crippen LogP contribution in [0.2, 0.25) is 36.3 Å². The van der Waals surface area contributed by atoms with Crippen LogP contribution in [0.15, 0.2) is 0 Å². The predicted octanol–water partition coefficient (Wildman–Crippen LogP) is 5.21. The van der Waals surface area contributed by atoms with Gasteiger partial charge in [0.1, 0.15) is 0 Å². The first-order valence-electron chi connectivity index (χ1n) is 8.86. The maximum Gasteiger partial charge on any atom is 0.311 e. The fourth-order valence-corrected chi connectivity index (χ4v) is 4.08. The van der Waals surface area contributed by atoms with Crippen LogP contribution < -0.4 is 0 Å². The van der Waals surface area contributed by atoms with E-state index in [0.717, 1.165) is 0 Å². The van der Waals surface area contributed by atoms with Crippen molar-refractivity contribution in [2.75, 3.05) is 13.7 Å². The highest BCUT2D eigenvalue weighted by molar-refractivity contribution is 6.74. The van der Waals surface area contributed by atoms with Crippen molar-refractivity contribution in [2.24, 2.45) is 5.92 Å². The molecule has 0 aliphatic rings. The molecule has 0 saturated carbocycles. The highest BCUT2D eigenvalue weighted by Gasteiger charge is 2.43. The molecule has 0 aliphatic heterocycles. The third-order valence-corrected chi connectivity index (χ3v) is 14.8. The van der Waals surface area contributed by atoms with Gasteiger partial charge in [-0.1, -0.05) is 41.5 Å². The van der Waals surface area contributed by atoms with E-state index in [0.29, 0.717) is 6.61 Å². The molecular formula is C18H40O4Si2. The number of rotatable bonds is 7. The molecule has 0 radical (unpaired) electrons. The monoisotopic (exact) mass is 376 g/mol. The van der Waals surface area contributed by atoms with E-state index in [1.165, 1.54) is 7.11 Å². The van der Waals surface area contributed by atoms with E-state index >= 15 is 0 Å². The lowest BCUT2D eigenvalue weighted by atomic mass is 10.1. The van der Waals surface area contributed by atoms with E-state index in [1.807, 2.05) is 6.92 Å². The summed E-state index contributed by atoms with van der Waals surface area (Å²) in [7, 11) is -2.47. The summed E-state index contributed by atoms with van der Waals surface area (Å²) >= 11 is 0. The van der Waals surface area contributed by atoms with Crippen LogP contribution in [0.1, 0.15) is 48.5 Å². The van der Waals surface area contributed by atoms with Crippen LogP contribution in [0.25, 0.3) is 0 Å². The SMILES string of the molecule is COC(=O)[C@H](C)[C@@H](CO[Si](C)(C)C(C)(C)C)O[Si](C)(C)C(C)(C)C. The molecule has 0 rings (SSSR count). The topological polar surface area (TPSA) is 44.8 Å². The highest BCUT2D eigenvalue weighted by atomic mass is 28.4. The summed E-state index contributed by atoms with van der Waals surface area (Å²) in [6.45, 7) is 24.4. The second kappa shape index (κ2) is 8.02. The molecule has 0 aromatic rings. The van der Waals surface area contributed by atoms with Crippen LogP contribution in [0.4, 0.5) is 0 Å². The Balaban J connectivity index is 5.34. The Bertz CT molecular complexity index is 420. The van der Waals surface area contributed by atoms with Crippen LogP contribution in [-0.4, -0.2) is 42.4 Å². The van der Waals surface area contributed by atoms with Crippen molar-refractivity contribution in [1.29, 1.82) is 0 Å². The van der Waals surface area contributed by atoms with Crippen molar-refractivity contribution in [2.45, 2.75) is 90.8 Å². The maximum absolute atomic E-state index is 12.1. The Kier molecular flexibility index (Phi) is 7.96. The van der Waals surface area contributed by atoms with Crippen LogP contribution in [0.5, 0.6) is 0 Å². The summed E-state index contributed by atoms with van der Waals surface area (Å²) in [5, 5.41) is 0.209. The summed E-state index contributed by atoms with van der Waals surface area (Å²) < 4.78 is 17.8. The minimum absolute atomic E-state index is 0.0814. The largest absolute Gasteiger partial charge is 0.469 e. The van der Waals surface area contributed by atoms with Crippen molar-refractivity contribution < 1.29 is 18.4 Å². The lowest BCUT2D eigenvalue weighted by Crippen LogP contribution is -2.50. The standard InChI is InChI=1S/C18H40O4Si2/c1-14(16(19)20-8)15(22-24(11,12)18(5,6)7)13-21-23(9,10)17(2,3)4/h14-15H,13H2,1-12H3/t14-,15-/m1/s1. The molecule has 6 heteroatoms. The van der Waals surface area contributed by atoms with Gasteiger partial charge in [0.15, 0.2) is 16.6 Å². The quantitative estimate of drug-likeness (QED) is 0.452. The van der Waals surface area contributed by atoms with Crippen LogP contribution in [0.3, 0.4) is 0 Å². The van der Waals surface area contributed by atoms with Crippen molar-refractivity contribution >= 4 is 22.6 Å². The van der Waals surface area contributed by atoms with Gasteiger partial charge in [-0.05, 0) is 43.2 Å². The van der Waals surface area contributed by atoms with E-state index in [-0.39, 0.29) is 28.1 Å². The van der Waals surface area contributed by atoms with Crippen LogP contribution >= 0.6 is 0 Å². The Morgan fingerprint density at radius 2 is 1.33 bits per heavy atom. The number of carbonyl (C=O) groups is 1. The normalized spacial score (nSPS) is 16.7. The first kappa shape index (κ1) is 23.8. The lowest BCUT2D eigenvalue weighted by molar-refractivity contribution is -0.149. The zero-order valence-corrected chi connectivity index (χ0v) is 20.0. The average Bonchev–Trinajstić information content (AvgIpc) is 2.39. The molecule has 2 atom stereocenters. The van der Waals surface area contributed by atoms with Gasteiger partial charge in [-0.2, -0.15) is 0 Å². The summed E-state index contributed by atoms with van der Waals surface area (Å²) in [6.07, 6.45) is -0.271. The van der Waals surface area contributed by atoms with Crippen molar-refractivity contribution in [3.63, 3.8) is 0 Å². The second-order valence-electron chi connectivity index (χ2n) is 9.80. The second-order valence-corrected chi connectivity index (χ2v) is 19.4. The number of hydrogen-bond donors (Lipinski definition) is 0. The number of ether oxygens (including phenoxy) is 1. The molecule has 144 valence electrons. The third-order valence-electron chi connectivity index (χ3n) is 5.80. The lowest BCUT2D eigenvalue weighted by Gasteiger charge is -2.42. The van der Waals surface area contributed by atoms with Gasteiger partial charge in [0.05, 0.1) is 25.7 Å². The van der Waals surface area contributed by atoms with Crippen molar-refractivity contribution in [3.8, 4) is 0 Å². The van der Waals surface area contributed by atoms with Gasteiger partial charge in [-0.15, -0.1) is 0 Å². The minimum Gasteiger partial charge on any atom is -0.469 e. The van der Waals surface area contributed by atoms with Gasteiger partial charge in [-0.3, -0.25) is 4.79 Å². The summed E-state index contributed by atoms with van der Waals surface area (Å²) in [6, 6.07) is 0. The Hall–Kier alpha value is -0.176. The molecule has 0 saturated heterocycles. The molecule has 24 heavy (non-hydrogen) atoms. The Morgan fingerprint density at radius 1 is 0.917 bits per heavy atom. The molecule has 0 unspecified atom stereocenters. The zero-order valence-electron chi connectivity index (χ0n) is 18.0. The minimum atomic E-state index is -2.00. The van der Waals surface area contributed by atoms with E-state index in [4.69, 9.17) is 13.6 Å². The molecule has 0 bridgehead atoms. The summed E-state index contributed by atoms with van der Waals surface area (Å²) in [5.74, 6) is -0.577. The van der Waals surface area contributed by atoms with Crippen molar-refractivity contribution in [1.82, 2.24) is 0 Å². The fraction of sp³-hybridized carbons (Fsp3) is 0.944. The fourth-order valence-electron chi connectivity index (χ4n) is 1.68. The molecule has 0 fully saturated rings. The van der Waals surface area contributed by atoms with Gasteiger partial charge >= 0.3 is 5.97 Å². The number of hydrogen-bond acceptors (Lipinski definition) is 4. The first-order chi connectivity index (χ1) is 10.5. The van der Waals surface area contributed by atoms with Gasteiger partial charge < -0.3 is 13.6 Å². The van der Waals surface area contributed by atoms with E-state index < -0.39 is 16.6 Å². The summed E-state index contributed by atoms with van der Waals surface area (Å²) in [4.78, 5) is 12.1. The molecule has 0 spiro atoms. The molecule has 0 amide bonds. The van der Waals surface area contributed by atoms with Crippen molar-refractivity contribution in [3.05, 3.63) is 0 Å². The van der Waals surface area contributed by atoms with Gasteiger partial charge in [0, 0.05) is 0 Å². The Morgan fingerprint density at radius 3 is 1.67 bits per heavy atom. The van der Waals surface area contributed by atoms with Gasteiger partial charge in [0.2, 0.25) is 0 Å². The average molecular weight is 377 g/mol. The van der Waals surface area contributed by atoms with Gasteiger partial charge in [-0.25, -0.2) is 0 Å². The summed E-state index contributed by atoms with van der Waals surface area (Å²) in [5.41, 5.74) is 0. The smallest absolute Gasteiger partial charge is 0.311 e. The van der Waals surface area contributed by atoms with E-state index in [2.05, 4.69) is 67.7 Å². The maximum atomic E-state index is 12.1. The molecule has 4 nitrogen and oxygen atoms in total. The number of esters is 1. The third kappa shape index (κ3) is 6.28. The van der Waals surface area contributed by atoms with Gasteiger partial charge in [0.25, 0.3) is 0 Å². The molecular weight excluding hydrogens is 336 g/mol. The molecule has 0 N–H and O–H groups in total. The number of carbonyl (C=O) groups excluding carboxylic acids is 1. The molecule has 0 heterocycles. The molecule has 0 aromatic carbocycles. The first-order valence-corrected chi connectivity index (χ1v) is 14.7. The number of methoxy groups -OCH3 is 1. The highest BCUT2D eigenvalue weighted by Crippen LogP contribution is 2.40. The molecule has 0 aromatic heterocycles. The Labute approximate surface area is 151 Å². The van der Waals surface area contributed by atoms with E-state index in [9.17, 15) is 4.79 Å². The van der Waals surface area contributed by atoms with Crippen LogP contribution in [-0.2, 0) is 18.4 Å². The van der Waals surface area contributed by atoms with Crippen LogP contribution in [0, 0.1) is 5.92 Å².